The number of amides is 2. The van der Waals surface area contributed by atoms with E-state index in [-0.39, 0.29) is 30.8 Å². The number of nitrogens with zero attached hydrogens (tertiary/aromatic N) is 1. The first-order valence-corrected chi connectivity index (χ1v) is 12.7. The second-order valence-electron chi connectivity index (χ2n) is 8.58. The van der Waals surface area contributed by atoms with Gasteiger partial charge in [0.15, 0.2) is 0 Å². The fraction of sp³-hybridized carbons (Fsp3) is 0.286. The van der Waals surface area contributed by atoms with Crippen molar-refractivity contribution >= 4 is 46.6 Å². The first kappa shape index (κ1) is 27.1. The minimum Gasteiger partial charge on any atom is -0.352 e. The number of carbonyl (C=O) groups is 2. The van der Waals surface area contributed by atoms with Crippen LogP contribution in [0.5, 0.6) is 0 Å². The molecular formula is C28H29Cl3N2O2. The van der Waals surface area contributed by atoms with Gasteiger partial charge in [0.1, 0.15) is 6.04 Å². The third kappa shape index (κ3) is 7.99. The van der Waals surface area contributed by atoms with Gasteiger partial charge in [-0.15, -0.1) is 0 Å². The highest BCUT2D eigenvalue weighted by atomic mass is 35.5. The maximum atomic E-state index is 13.7. The summed E-state index contributed by atoms with van der Waals surface area (Å²) in [6.45, 7) is 4.13. The van der Waals surface area contributed by atoms with Gasteiger partial charge in [-0.1, -0.05) is 90.3 Å². The molecule has 35 heavy (non-hydrogen) atoms. The summed E-state index contributed by atoms with van der Waals surface area (Å²) < 4.78 is 0. The highest BCUT2D eigenvalue weighted by molar-refractivity contribution is 6.35. The van der Waals surface area contributed by atoms with E-state index in [1.807, 2.05) is 56.3 Å². The Bertz CT molecular complexity index is 1140. The smallest absolute Gasteiger partial charge is 0.243 e. The van der Waals surface area contributed by atoms with Crippen molar-refractivity contribution in [2.75, 3.05) is 0 Å². The van der Waals surface area contributed by atoms with Crippen molar-refractivity contribution in [3.63, 3.8) is 0 Å². The van der Waals surface area contributed by atoms with Crippen LogP contribution in [-0.4, -0.2) is 28.8 Å². The van der Waals surface area contributed by atoms with Crippen molar-refractivity contribution in [3.8, 4) is 0 Å². The van der Waals surface area contributed by atoms with E-state index in [1.54, 1.807) is 35.2 Å². The molecule has 3 aromatic rings. The Hall–Kier alpha value is -2.53. The second kappa shape index (κ2) is 13.0. The van der Waals surface area contributed by atoms with Crippen molar-refractivity contribution in [2.45, 2.75) is 51.7 Å². The Morgan fingerprint density at radius 3 is 2.17 bits per heavy atom. The highest BCUT2D eigenvalue weighted by Gasteiger charge is 2.31. The second-order valence-corrected chi connectivity index (χ2v) is 9.86. The molecule has 3 rings (SSSR count). The van der Waals surface area contributed by atoms with Gasteiger partial charge in [0.05, 0.1) is 6.42 Å². The SMILES string of the molecule is CC[C@@H](C)NC(=O)[C@H](Cc1ccccc1)N(Cc1ccc(Cl)cc1Cl)C(=O)Cc1ccc(Cl)cc1. The average Bonchev–Trinajstić information content (AvgIpc) is 2.84. The molecule has 0 aliphatic rings. The Labute approximate surface area is 222 Å². The molecule has 0 radical (unpaired) electrons. The van der Waals surface area contributed by atoms with E-state index >= 15 is 0 Å². The zero-order valence-electron chi connectivity index (χ0n) is 19.8. The molecule has 0 fully saturated rings. The van der Waals surface area contributed by atoms with Gasteiger partial charge >= 0.3 is 0 Å². The lowest BCUT2D eigenvalue weighted by Gasteiger charge is -2.32. The predicted molar refractivity (Wildman–Crippen MR) is 144 cm³/mol. The fourth-order valence-corrected chi connectivity index (χ4v) is 4.30. The van der Waals surface area contributed by atoms with E-state index in [2.05, 4.69) is 5.32 Å². The molecule has 2 amide bonds. The van der Waals surface area contributed by atoms with Crippen LogP contribution in [0.15, 0.2) is 72.8 Å². The third-order valence-electron chi connectivity index (χ3n) is 5.90. The zero-order valence-corrected chi connectivity index (χ0v) is 22.1. The van der Waals surface area contributed by atoms with Crippen LogP contribution in [-0.2, 0) is 29.0 Å². The number of carbonyl (C=O) groups excluding carboxylic acids is 2. The van der Waals surface area contributed by atoms with Crippen LogP contribution in [0.4, 0.5) is 0 Å². The lowest BCUT2D eigenvalue weighted by molar-refractivity contribution is -0.141. The first-order chi connectivity index (χ1) is 16.8. The summed E-state index contributed by atoms with van der Waals surface area (Å²) in [5.41, 5.74) is 2.49. The molecule has 4 nitrogen and oxygen atoms in total. The normalized spacial score (nSPS) is 12.6. The van der Waals surface area contributed by atoms with E-state index < -0.39 is 6.04 Å². The number of benzene rings is 3. The number of nitrogens with one attached hydrogen (secondary N) is 1. The molecule has 0 heterocycles. The molecule has 0 spiro atoms. The van der Waals surface area contributed by atoms with Gasteiger partial charge in [0.25, 0.3) is 0 Å². The Kier molecular flexibility index (Phi) is 10.0. The third-order valence-corrected chi connectivity index (χ3v) is 6.74. The minimum atomic E-state index is -0.724. The van der Waals surface area contributed by atoms with Gasteiger partial charge < -0.3 is 10.2 Å². The highest BCUT2D eigenvalue weighted by Crippen LogP contribution is 2.25. The van der Waals surface area contributed by atoms with Gasteiger partial charge in [-0.25, -0.2) is 0 Å². The van der Waals surface area contributed by atoms with Crippen LogP contribution in [0.25, 0.3) is 0 Å². The summed E-state index contributed by atoms with van der Waals surface area (Å²) in [4.78, 5) is 28.8. The summed E-state index contributed by atoms with van der Waals surface area (Å²) in [6.07, 6.45) is 1.29. The van der Waals surface area contributed by atoms with Gasteiger partial charge in [-0.05, 0) is 54.3 Å². The van der Waals surface area contributed by atoms with E-state index in [1.165, 1.54) is 0 Å². The Morgan fingerprint density at radius 1 is 0.886 bits per heavy atom. The number of hydrogen-bond donors (Lipinski definition) is 1. The molecule has 0 aliphatic heterocycles. The Balaban J connectivity index is 1.99. The maximum absolute atomic E-state index is 13.7. The zero-order chi connectivity index (χ0) is 25.4. The molecule has 3 aromatic carbocycles. The monoisotopic (exact) mass is 530 g/mol. The summed E-state index contributed by atoms with van der Waals surface area (Å²) >= 11 is 18.6. The molecule has 0 aromatic heterocycles. The van der Waals surface area contributed by atoms with Crippen molar-refractivity contribution in [1.29, 1.82) is 0 Å². The molecule has 0 saturated heterocycles. The molecule has 7 heteroatoms. The van der Waals surface area contributed by atoms with E-state index in [0.717, 1.165) is 23.1 Å². The lowest BCUT2D eigenvalue weighted by Crippen LogP contribution is -2.52. The minimum absolute atomic E-state index is 0.0203. The Morgan fingerprint density at radius 2 is 1.54 bits per heavy atom. The molecule has 2 atom stereocenters. The van der Waals surface area contributed by atoms with Crippen molar-refractivity contribution in [1.82, 2.24) is 10.2 Å². The number of rotatable bonds is 10. The molecule has 0 saturated carbocycles. The topological polar surface area (TPSA) is 49.4 Å². The first-order valence-electron chi connectivity index (χ1n) is 11.6. The summed E-state index contributed by atoms with van der Waals surface area (Å²) in [5.74, 6) is -0.378. The number of halogens is 3. The lowest BCUT2D eigenvalue weighted by atomic mass is 10.0. The quantitative estimate of drug-likeness (QED) is 0.315. The van der Waals surface area contributed by atoms with E-state index in [9.17, 15) is 9.59 Å². The maximum Gasteiger partial charge on any atom is 0.243 e. The largest absolute Gasteiger partial charge is 0.352 e. The van der Waals surface area contributed by atoms with Crippen LogP contribution < -0.4 is 5.32 Å². The van der Waals surface area contributed by atoms with Gasteiger partial charge in [-0.2, -0.15) is 0 Å². The van der Waals surface area contributed by atoms with Crippen LogP contribution in [0.1, 0.15) is 37.0 Å². The van der Waals surface area contributed by atoms with Crippen LogP contribution in [0.2, 0.25) is 15.1 Å². The summed E-state index contributed by atoms with van der Waals surface area (Å²) in [5, 5.41) is 4.61. The van der Waals surface area contributed by atoms with Gasteiger partial charge in [-0.3, -0.25) is 9.59 Å². The molecule has 184 valence electrons. The summed E-state index contributed by atoms with van der Waals surface area (Å²) in [6, 6.07) is 21.3. The number of hydrogen-bond acceptors (Lipinski definition) is 2. The van der Waals surface area contributed by atoms with Crippen LogP contribution in [0, 0.1) is 0 Å². The van der Waals surface area contributed by atoms with E-state index in [4.69, 9.17) is 34.8 Å². The standard InChI is InChI=1S/C28H29Cl3N2O2/c1-3-19(2)32-28(35)26(15-20-7-5-4-6-8-20)33(18-22-11-14-24(30)17-25(22)31)27(34)16-21-9-12-23(29)13-10-21/h4-14,17,19,26H,3,15-16,18H2,1-2H3,(H,32,35)/t19-,26+/m1/s1. The van der Waals surface area contributed by atoms with E-state index in [0.29, 0.717) is 21.5 Å². The summed E-state index contributed by atoms with van der Waals surface area (Å²) in [7, 11) is 0. The van der Waals surface area contributed by atoms with Crippen molar-refractivity contribution in [3.05, 3.63) is 105 Å². The predicted octanol–water partition coefficient (Wildman–Crippen LogP) is 6.74. The molecule has 0 unspecified atom stereocenters. The van der Waals surface area contributed by atoms with Gasteiger partial charge in [0.2, 0.25) is 11.8 Å². The van der Waals surface area contributed by atoms with Crippen molar-refractivity contribution in [2.24, 2.45) is 0 Å². The van der Waals surface area contributed by atoms with Crippen molar-refractivity contribution < 1.29 is 9.59 Å². The molecule has 0 aliphatic carbocycles. The average molecular weight is 532 g/mol. The molecular weight excluding hydrogens is 503 g/mol. The van der Waals surface area contributed by atoms with Gasteiger partial charge in [0, 0.05) is 34.1 Å². The molecule has 0 bridgehead atoms. The van der Waals surface area contributed by atoms with Crippen LogP contribution >= 0.6 is 34.8 Å². The fourth-order valence-electron chi connectivity index (χ4n) is 3.71. The molecule has 1 N–H and O–H groups in total. The van der Waals surface area contributed by atoms with Crippen LogP contribution in [0.3, 0.4) is 0 Å².